The van der Waals surface area contributed by atoms with Gasteiger partial charge in [0.2, 0.25) is 5.91 Å². The molecule has 1 aliphatic carbocycles. The Morgan fingerprint density at radius 1 is 1.33 bits per heavy atom. The van der Waals surface area contributed by atoms with Crippen molar-refractivity contribution < 1.29 is 13.9 Å². The number of para-hydroxylation sites is 1. The smallest absolute Gasteiger partial charge is 0.244 e. The van der Waals surface area contributed by atoms with Crippen LogP contribution >= 0.6 is 0 Å². The third-order valence-electron chi connectivity index (χ3n) is 4.25. The van der Waals surface area contributed by atoms with Gasteiger partial charge in [-0.15, -0.1) is 0 Å². The minimum Gasteiger partial charge on any atom is -0.494 e. The molecule has 3 rings (SSSR count). The fourth-order valence-electron chi connectivity index (χ4n) is 2.72. The van der Waals surface area contributed by atoms with Gasteiger partial charge in [0.25, 0.3) is 0 Å². The summed E-state index contributed by atoms with van der Waals surface area (Å²) in [7, 11) is 0. The Bertz CT molecular complexity index is 732. The van der Waals surface area contributed by atoms with Crippen LogP contribution in [0, 0.1) is 5.92 Å². The third kappa shape index (κ3) is 4.07. The Labute approximate surface area is 142 Å². The van der Waals surface area contributed by atoms with E-state index in [1.54, 1.807) is 6.08 Å². The summed E-state index contributed by atoms with van der Waals surface area (Å²) >= 11 is 0. The Kier molecular flexibility index (Phi) is 5.04. The topological polar surface area (TPSA) is 51.5 Å². The highest BCUT2D eigenvalue weighted by atomic mass is 16.5. The molecule has 1 aliphatic rings. The van der Waals surface area contributed by atoms with E-state index < -0.39 is 0 Å². The van der Waals surface area contributed by atoms with E-state index in [1.807, 2.05) is 43.3 Å². The normalized spacial score (nSPS) is 19.4. The number of nitrogens with one attached hydrogen (secondary N) is 1. The molecule has 2 aromatic rings. The third-order valence-corrected chi connectivity index (χ3v) is 4.25. The van der Waals surface area contributed by atoms with Crippen LogP contribution < -0.4 is 10.1 Å². The number of benzene rings is 1. The van der Waals surface area contributed by atoms with Gasteiger partial charge >= 0.3 is 0 Å². The molecule has 1 heterocycles. The maximum Gasteiger partial charge on any atom is 0.244 e. The largest absolute Gasteiger partial charge is 0.494 e. The molecular weight excluding hydrogens is 302 g/mol. The Hall–Kier alpha value is -2.49. The standard InChI is InChI=1S/C20H23NO3/c1-3-23-18-7-5-4-6-15(18)13-21-20(22)11-9-16-8-10-19(24-16)17-12-14(17)2/h4-11,14,17H,3,12-13H2,1-2H3,(H,21,22)/b11-9+. The number of carbonyl (C=O) groups is 1. The van der Waals surface area contributed by atoms with E-state index in [9.17, 15) is 4.79 Å². The minimum atomic E-state index is -0.154. The quantitative estimate of drug-likeness (QED) is 0.779. The Morgan fingerprint density at radius 2 is 2.12 bits per heavy atom. The van der Waals surface area contributed by atoms with Crippen molar-refractivity contribution in [2.45, 2.75) is 32.7 Å². The summed E-state index contributed by atoms with van der Waals surface area (Å²) in [5.74, 6) is 3.65. The number of amides is 1. The molecule has 1 aromatic carbocycles. The van der Waals surface area contributed by atoms with Gasteiger partial charge in [0, 0.05) is 24.1 Å². The highest BCUT2D eigenvalue weighted by Gasteiger charge is 2.36. The van der Waals surface area contributed by atoms with Gasteiger partial charge in [0.05, 0.1) is 6.61 Å². The summed E-state index contributed by atoms with van der Waals surface area (Å²) < 4.78 is 11.3. The summed E-state index contributed by atoms with van der Waals surface area (Å²) in [6.07, 6.45) is 4.40. The van der Waals surface area contributed by atoms with Crippen LogP contribution in [0.4, 0.5) is 0 Å². The first-order valence-corrected chi connectivity index (χ1v) is 8.43. The van der Waals surface area contributed by atoms with Crippen LogP contribution in [0.25, 0.3) is 6.08 Å². The predicted molar refractivity (Wildman–Crippen MR) is 93.7 cm³/mol. The number of hydrogen-bond acceptors (Lipinski definition) is 3. The molecule has 0 saturated heterocycles. The molecule has 1 fully saturated rings. The van der Waals surface area contributed by atoms with Crippen LogP contribution in [0.15, 0.2) is 46.9 Å². The van der Waals surface area contributed by atoms with Crippen molar-refractivity contribution in [3.8, 4) is 5.75 Å². The molecule has 0 radical (unpaired) electrons. The average Bonchev–Trinajstić information content (AvgIpc) is 3.13. The summed E-state index contributed by atoms with van der Waals surface area (Å²) in [6.45, 7) is 5.20. The SMILES string of the molecule is CCOc1ccccc1CNC(=O)/C=C/c1ccc(C2CC2C)o1. The van der Waals surface area contributed by atoms with E-state index >= 15 is 0 Å². The molecule has 1 N–H and O–H groups in total. The van der Waals surface area contributed by atoms with Gasteiger partial charge in [-0.25, -0.2) is 0 Å². The second-order valence-electron chi connectivity index (χ2n) is 6.15. The first kappa shape index (κ1) is 16.4. The Morgan fingerprint density at radius 3 is 2.88 bits per heavy atom. The molecule has 0 aliphatic heterocycles. The fourth-order valence-corrected chi connectivity index (χ4v) is 2.72. The molecular formula is C20H23NO3. The molecule has 4 nitrogen and oxygen atoms in total. The number of hydrogen-bond donors (Lipinski definition) is 1. The Balaban J connectivity index is 1.53. The van der Waals surface area contributed by atoms with E-state index in [4.69, 9.17) is 9.15 Å². The molecule has 4 heteroatoms. The van der Waals surface area contributed by atoms with Gasteiger partial charge in [-0.2, -0.15) is 0 Å². The summed E-state index contributed by atoms with van der Waals surface area (Å²) in [5, 5.41) is 2.87. The molecule has 24 heavy (non-hydrogen) atoms. The number of carbonyl (C=O) groups excluding carboxylic acids is 1. The van der Waals surface area contributed by atoms with E-state index in [1.165, 1.54) is 12.5 Å². The van der Waals surface area contributed by atoms with Crippen molar-refractivity contribution >= 4 is 12.0 Å². The molecule has 1 saturated carbocycles. The van der Waals surface area contributed by atoms with Gasteiger partial charge in [0.15, 0.2) is 0 Å². The number of ether oxygens (including phenoxy) is 1. The maximum atomic E-state index is 12.0. The zero-order chi connectivity index (χ0) is 16.9. The second-order valence-corrected chi connectivity index (χ2v) is 6.15. The van der Waals surface area contributed by atoms with E-state index in [0.29, 0.717) is 30.7 Å². The molecule has 1 amide bonds. The van der Waals surface area contributed by atoms with Crippen molar-refractivity contribution in [1.82, 2.24) is 5.32 Å². The van der Waals surface area contributed by atoms with Gasteiger partial charge in [-0.1, -0.05) is 25.1 Å². The van der Waals surface area contributed by atoms with Crippen LogP contribution in [0.1, 0.15) is 43.3 Å². The fraction of sp³-hybridized carbons (Fsp3) is 0.350. The summed E-state index contributed by atoms with van der Waals surface area (Å²) in [6, 6.07) is 11.6. The highest BCUT2D eigenvalue weighted by molar-refractivity contribution is 5.91. The number of furan rings is 1. The van der Waals surface area contributed by atoms with Crippen molar-refractivity contribution in [2.75, 3.05) is 6.61 Å². The van der Waals surface area contributed by atoms with Crippen LogP contribution in [-0.2, 0) is 11.3 Å². The molecule has 2 unspecified atom stereocenters. The van der Waals surface area contributed by atoms with Crippen molar-refractivity contribution in [1.29, 1.82) is 0 Å². The monoisotopic (exact) mass is 325 g/mol. The molecule has 0 spiro atoms. The second kappa shape index (κ2) is 7.39. The van der Waals surface area contributed by atoms with Crippen LogP contribution in [0.2, 0.25) is 0 Å². The van der Waals surface area contributed by atoms with Gasteiger partial charge in [-0.05, 0) is 43.5 Å². The lowest BCUT2D eigenvalue weighted by atomic mass is 10.2. The van der Waals surface area contributed by atoms with Crippen molar-refractivity contribution in [3.05, 3.63) is 59.6 Å². The predicted octanol–water partition coefficient (Wildman–Crippen LogP) is 4.13. The first-order chi connectivity index (χ1) is 11.7. The zero-order valence-electron chi connectivity index (χ0n) is 14.1. The minimum absolute atomic E-state index is 0.154. The molecule has 2 atom stereocenters. The van der Waals surface area contributed by atoms with Gasteiger partial charge < -0.3 is 14.5 Å². The van der Waals surface area contributed by atoms with E-state index in [-0.39, 0.29) is 5.91 Å². The van der Waals surface area contributed by atoms with Crippen LogP contribution in [0.5, 0.6) is 5.75 Å². The summed E-state index contributed by atoms with van der Waals surface area (Å²) in [4.78, 5) is 12.0. The van der Waals surface area contributed by atoms with Crippen LogP contribution in [0.3, 0.4) is 0 Å². The van der Waals surface area contributed by atoms with Crippen molar-refractivity contribution in [3.63, 3.8) is 0 Å². The number of rotatable bonds is 7. The van der Waals surface area contributed by atoms with E-state index in [0.717, 1.165) is 17.1 Å². The maximum absolute atomic E-state index is 12.0. The lowest BCUT2D eigenvalue weighted by Crippen LogP contribution is -2.20. The highest BCUT2D eigenvalue weighted by Crippen LogP contribution is 2.47. The molecule has 1 aromatic heterocycles. The lowest BCUT2D eigenvalue weighted by molar-refractivity contribution is -0.116. The summed E-state index contributed by atoms with van der Waals surface area (Å²) in [5.41, 5.74) is 0.962. The first-order valence-electron chi connectivity index (χ1n) is 8.43. The van der Waals surface area contributed by atoms with Crippen LogP contribution in [-0.4, -0.2) is 12.5 Å². The zero-order valence-corrected chi connectivity index (χ0v) is 14.1. The van der Waals surface area contributed by atoms with Gasteiger partial charge in [0.1, 0.15) is 17.3 Å². The van der Waals surface area contributed by atoms with Gasteiger partial charge in [-0.3, -0.25) is 4.79 Å². The van der Waals surface area contributed by atoms with Crippen molar-refractivity contribution in [2.24, 2.45) is 5.92 Å². The molecule has 126 valence electrons. The molecule has 0 bridgehead atoms. The van der Waals surface area contributed by atoms with E-state index in [2.05, 4.69) is 12.2 Å². The lowest BCUT2D eigenvalue weighted by Gasteiger charge is -2.09. The average molecular weight is 325 g/mol.